The first-order valence-electron chi connectivity index (χ1n) is 6.91. The molecule has 2 aromatic rings. The quantitative estimate of drug-likeness (QED) is 0.895. The summed E-state index contributed by atoms with van der Waals surface area (Å²) in [5, 5.41) is 4.20. The van der Waals surface area contributed by atoms with E-state index in [1.807, 2.05) is 31.2 Å². The smallest absolute Gasteiger partial charge is 0.108 e. The minimum Gasteiger partial charge on any atom is -0.346 e. The topological polar surface area (TPSA) is 40.7 Å². The first-order chi connectivity index (χ1) is 9.35. The number of imidazole rings is 1. The Morgan fingerprint density at radius 3 is 2.70 bits per heavy atom. The van der Waals surface area contributed by atoms with Crippen LogP contribution in [0.15, 0.2) is 24.3 Å². The highest BCUT2D eigenvalue weighted by molar-refractivity contribution is 6.30. The van der Waals surface area contributed by atoms with Crippen LogP contribution >= 0.6 is 11.6 Å². The molecule has 108 valence electrons. The van der Waals surface area contributed by atoms with Gasteiger partial charge in [-0.1, -0.05) is 23.7 Å². The number of rotatable bonds is 4. The molecule has 20 heavy (non-hydrogen) atoms. The van der Waals surface area contributed by atoms with Crippen LogP contribution in [0.2, 0.25) is 5.02 Å². The summed E-state index contributed by atoms with van der Waals surface area (Å²) < 4.78 is 0. The standard InChI is InChI=1S/C16H22ClN3/c1-11-15(12-6-5-7-13(17)10-12)20-14(19-11)8-9-18-16(2,3)4/h5-7,10,18H,8-9H2,1-4H3,(H,19,20). The van der Waals surface area contributed by atoms with E-state index in [1.165, 1.54) is 0 Å². The van der Waals surface area contributed by atoms with Gasteiger partial charge in [0, 0.05) is 34.8 Å². The number of H-pyrrole nitrogens is 1. The van der Waals surface area contributed by atoms with Gasteiger partial charge in [-0.25, -0.2) is 4.98 Å². The first-order valence-corrected chi connectivity index (χ1v) is 7.29. The lowest BCUT2D eigenvalue weighted by molar-refractivity contribution is 0.427. The van der Waals surface area contributed by atoms with E-state index in [4.69, 9.17) is 11.6 Å². The van der Waals surface area contributed by atoms with Gasteiger partial charge in [0.2, 0.25) is 0 Å². The molecule has 0 saturated carbocycles. The Balaban J connectivity index is 2.10. The molecule has 1 aromatic carbocycles. The average molecular weight is 292 g/mol. The number of hydrogen-bond donors (Lipinski definition) is 2. The third-order valence-corrected chi connectivity index (χ3v) is 3.28. The average Bonchev–Trinajstić information content (AvgIpc) is 2.69. The molecule has 2 N–H and O–H groups in total. The molecule has 0 aliphatic rings. The lowest BCUT2D eigenvalue weighted by atomic mass is 10.1. The van der Waals surface area contributed by atoms with Crippen LogP contribution in [0.4, 0.5) is 0 Å². The molecule has 0 spiro atoms. The zero-order valence-corrected chi connectivity index (χ0v) is 13.3. The molecular formula is C16H22ClN3. The summed E-state index contributed by atoms with van der Waals surface area (Å²) >= 11 is 6.04. The van der Waals surface area contributed by atoms with E-state index in [9.17, 15) is 0 Å². The zero-order valence-electron chi connectivity index (χ0n) is 12.5. The fourth-order valence-corrected chi connectivity index (χ4v) is 2.30. The lowest BCUT2D eigenvalue weighted by Crippen LogP contribution is -2.37. The van der Waals surface area contributed by atoms with Crippen LogP contribution in [0, 0.1) is 6.92 Å². The van der Waals surface area contributed by atoms with Gasteiger partial charge in [-0.3, -0.25) is 0 Å². The molecule has 0 fully saturated rings. The highest BCUT2D eigenvalue weighted by Gasteiger charge is 2.11. The summed E-state index contributed by atoms with van der Waals surface area (Å²) in [4.78, 5) is 8.04. The summed E-state index contributed by atoms with van der Waals surface area (Å²) in [7, 11) is 0. The van der Waals surface area contributed by atoms with Gasteiger partial charge >= 0.3 is 0 Å². The van der Waals surface area contributed by atoms with Gasteiger partial charge in [-0.15, -0.1) is 0 Å². The fraction of sp³-hybridized carbons (Fsp3) is 0.438. The monoisotopic (exact) mass is 291 g/mol. The number of aromatic amines is 1. The van der Waals surface area contributed by atoms with Crippen molar-refractivity contribution in [3.8, 4) is 11.3 Å². The van der Waals surface area contributed by atoms with Gasteiger partial charge in [0.05, 0.1) is 5.69 Å². The van der Waals surface area contributed by atoms with E-state index in [2.05, 4.69) is 36.1 Å². The van der Waals surface area contributed by atoms with Crippen molar-refractivity contribution >= 4 is 11.6 Å². The Bertz CT molecular complexity index is 582. The van der Waals surface area contributed by atoms with Gasteiger partial charge < -0.3 is 10.3 Å². The van der Waals surface area contributed by atoms with Crippen LogP contribution in [0.5, 0.6) is 0 Å². The number of nitrogens with zero attached hydrogens (tertiary/aromatic N) is 1. The zero-order chi connectivity index (χ0) is 14.8. The second kappa shape index (κ2) is 5.98. The minimum atomic E-state index is 0.136. The third-order valence-electron chi connectivity index (χ3n) is 3.05. The van der Waals surface area contributed by atoms with Crippen molar-refractivity contribution in [2.24, 2.45) is 0 Å². The molecule has 2 rings (SSSR count). The van der Waals surface area contributed by atoms with Gasteiger partial charge in [-0.2, -0.15) is 0 Å². The lowest BCUT2D eigenvalue weighted by Gasteiger charge is -2.19. The maximum Gasteiger partial charge on any atom is 0.108 e. The molecule has 0 atom stereocenters. The van der Waals surface area contributed by atoms with E-state index < -0.39 is 0 Å². The van der Waals surface area contributed by atoms with Crippen molar-refractivity contribution in [3.05, 3.63) is 40.8 Å². The molecule has 1 aromatic heterocycles. The predicted molar refractivity (Wildman–Crippen MR) is 85.2 cm³/mol. The summed E-state index contributed by atoms with van der Waals surface area (Å²) in [6.07, 6.45) is 0.888. The van der Waals surface area contributed by atoms with E-state index in [-0.39, 0.29) is 5.54 Å². The van der Waals surface area contributed by atoms with Crippen LogP contribution in [0.3, 0.4) is 0 Å². The van der Waals surface area contributed by atoms with Crippen molar-refractivity contribution in [2.45, 2.75) is 39.7 Å². The minimum absolute atomic E-state index is 0.136. The molecule has 0 saturated heterocycles. The fourth-order valence-electron chi connectivity index (χ4n) is 2.11. The maximum atomic E-state index is 6.04. The number of nitrogens with one attached hydrogen (secondary N) is 2. The molecule has 0 amide bonds. The summed E-state index contributed by atoms with van der Waals surface area (Å²) in [6.45, 7) is 9.45. The summed E-state index contributed by atoms with van der Waals surface area (Å²) in [6, 6.07) is 7.81. The third kappa shape index (κ3) is 4.09. The maximum absolute atomic E-state index is 6.04. The number of aryl methyl sites for hydroxylation is 1. The number of aromatic nitrogens is 2. The largest absolute Gasteiger partial charge is 0.346 e. The van der Waals surface area contributed by atoms with Crippen molar-refractivity contribution in [1.29, 1.82) is 0 Å². The van der Waals surface area contributed by atoms with E-state index in [0.29, 0.717) is 0 Å². The van der Waals surface area contributed by atoms with Crippen LogP contribution in [0.1, 0.15) is 32.3 Å². The second-order valence-electron chi connectivity index (χ2n) is 6.09. The van der Waals surface area contributed by atoms with Crippen molar-refractivity contribution < 1.29 is 0 Å². The van der Waals surface area contributed by atoms with Crippen LogP contribution in [-0.2, 0) is 6.42 Å². The van der Waals surface area contributed by atoms with Crippen LogP contribution in [0.25, 0.3) is 11.3 Å². The van der Waals surface area contributed by atoms with Crippen LogP contribution < -0.4 is 5.32 Å². The number of benzene rings is 1. The molecule has 4 heteroatoms. The Kier molecular flexibility index (Phi) is 4.51. The molecule has 3 nitrogen and oxygen atoms in total. The van der Waals surface area contributed by atoms with E-state index >= 15 is 0 Å². The Morgan fingerprint density at radius 2 is 2.05 bits per heavy atom. The van der Waals surface area contributed by atoms with Gasteiger partial charge in [0.1, 0.15) is 5.82 Å². The van der Waals surface area contributed by atoms with Crippen LogP contribution in [-0.4, -0.2) is 22.1 Å². The van der Waals surface area contributed by atoms with Gasteiger partial charge in [0.25, 0.3) is 0 Å². The molecule has 0 radical (unpaired) electrons. The summed E-state index contributed by atoms with van der Waals surface area (Å²) in [5.74, 6) is 1.01. The predicted octanol–water partition coefficient (Wildman–Crippen LogP) is 3.97. The molecule has 1 heterocycles. The Labute approximate surface area is 125 Å². The summed E-state index contributed by atoms with van der Waals surface area (Å²) in [5.41, 5.74) is 3.26. The van der Waals surface area contributed by atoms with Gasteiger partial charge in [0.15, 0.2) is 0 Å². The normalized spacial score (nSPS) is 11.8. The van der Waals surface area contributed by atoms with Gasteiger partial charge in [-0.05, 0) is 39.8 Å². The SMILES string of the molecule is Cc1[nH]c(CCNC(C)(C)C)nc1-c1cccc(Cl)c1. The second-order valence-corrected chi connectivity index (χ2v) is 6.53. The van der Waals surface area contributed by atoms with Crippen molar-refractivity contribution in [3.63, 3.8) is 0 Å². The Morgan fingerprint density at radius 1 is 1.30 bits per heavy atom. The Hall–Kier alpha value is -1.32. The van der Waals surface area contributed by atoms with Crippen molar-refractivity contribution in [2.75, 3.05) is 6.54 Å². The van der Waals surface area contributed by atoms with E-state index in [0.717, 1.165) is 40.8 Å². The highest BCUT2D eigenvalue weighted by atomic mass is 35.5. The number of hydrogen-bond acceptors (Lipinski definition) is 2. The van der Waals surface area contributed by atoms with E-state index in [1.54, 1.807) is 0 Å². The molecular weight excluding hydrogens is 270 g/mol. The molecule has 0 aliphatic heterocycles. The molecule has 0 unspecified atom stereocenters. The number of halogens is 1. The molecule has 0 bridgehead atoms. The highest BCUT2D eigenvalue weighted by Crippen LogP contribution is 2.24. The molecule has 0 aliphatic carbocycles. The van der Waals surface area contributed by atoms with Crippen molar-refractivity contribution in [1.82, 2.24) is 15.3 Å². The first kappa shape index (κ1) is 15.1.